The Morgan fingerprint density at radius 3 is 2.61 bits per heavy atom. The van der Waals surface area contributed by atoms with Crippen LogP contribution in [-0.4, -0.2) is 73.9 Å². The van der Waals surface area contributed by atoms with Crippen LogP contribution in [-0.2, 0) is 6.54 Å². The highest BCUT2D eigenvalue weighted by Crippen LogP contribution is 2.33. The highest BCUT2D eigenvalue weighted by atomic mass is 16.4. The number of carbonyl (C=O) groups is 1. The SMILES string of the molecule is CC(C)CN(C(=O)O)N(c1nc(C#N)nc2c1ncn2CCCN(C)C)C1CCCC1. The molecule has 0 unspecified atom stereocenters. The Bertz CT molecular complexity index is 943. The lowest BCUT2D eigenvalue weighted by Crippen LogP contribution is -2.52. The normalized spacial score (nSPS) is 14.5. The molecule has 2 heterocycles. The zero-order valence-electron chi connectivity index (χ0n) is 18.8. The summed E-state index contributed by atoms with van der Waals surface area (Å²) in [6.45, 7) is 5.92. The molecule has 1 saturated carbocycles. The molecular weight excluding hydrogens is 396 g/mol. The van der Waals surface area contributed by atoms with Gasteiger partial charge in [0.1, 0.15) is 6.07 Å². The van der Waals surface area contributed by atoms with Crippen LogP contribution in [0.1, 0.15) is 51.8 Å². The second-order valence-electron chi connectivity index (χ2n) is 8.79. The summed E-state index contributed by atoms with van der Waals surface area (Å²) in [7, 11) is 4.05. The van der Waals surface area contributed by atoms with Crippen molar-refractivity contribution in [2.45, 2.75) is 58.5 Å². The second kappa shape index (κ2) is 9.92. The second-order valence-corrected chi connectivity index (χ2v) is 8.79. The molecule has 168 valence electrons. The summed E-state index contributed by atoms with van der Waals surface area (Å²) >= 11 is 0. The van der Waals surface area contributed by atoms with Crippen LogP contribution in [0.4, 0.5) is 10.6 Å². The molecule has 0 aliphatic heterocycles. The minimum atomic E-state index is -1.03. The molecule has 10 nitrogen and oxygen atoms in total. The lowest BCUT2D eigenvalue weighted by atomic mass is 10.2. The Balaban J connectivity index is 2.10. The highest BCUT2D eigenvalue weighted by Gasteiger charge is 2.34. The van der Waals surface area contributed by atoms with E-state index in [2.05, 4.69) is 19.9 Å². The van der Waals surface area contributed by atoms with E-state index < -0.39 is 6.09 Å². The van der Waals surface area contributed by atoms with Crippen molar-refractivity contribution >= 4 is 23.1 Å². The lowest BCUT2D eigenvalue weighted by Gasteiger charge is -2.38. The van der Waals surface area contributed by atoms with E-state index in [4.69, 9.17) is 0 Å². The molecule has 0 spiro atoms. The quantitative estimate of drug-likeness (QED) is 0.606. The number of amides is 1. The first-order valence-electron chi connectivity index (χ1n) is 10.9. The number of fused-ring (bicyclic) bond motifs is 1. The summed E-state index contributed by atoms with van der Waals surface area (Å²) in [4.78, 5) is 27.8. The molecular formula is C21H32N8O2. The maximum absolute atomic E-state index is 12.3. The van der Waals surface area contributed by atoms with Crippen LogP contribution < -0.4 is 5.01 Å². The fourth-order valence-corrected chi connectivity index (χ4v) is 4.10. The number of hydrogen-bond donors (Lipinski definition) is 1. The van der Waals surface area contributed by atoms with Gasteiger partial charge in [0, 0.05) is 13.1 Å². The van der Waals surface area contributed by atoms with E-state index in [1.54, 1.807) is 11.3 Å². The summed E-state index contributed by atoms with van der Waals surface area (Å²) in [6.07, 6.45) is 5.40. The molecule has 1 fully saturated rings. The largest absolute Gasteiger partial charge is 0.464 e. The topological polar surface area (TPSA) is 114 Å². The summed E-state index contributed by atoms with van der Waals surface area (Å²) in [5.41, 5.74) is 1.10. The first-order chi connectivity index (χ1) is 14.8. The number of carboxylic acid groups (broad SMARTS) is 1. The van der Waals surface area contributed by atoms with Crippen LogP contribution in [0.2, 0.25) is 0 Å². The van der Waals surface area contributed by atoms with Gasteiger partial charge in [-0.15, -0.1) is 0 Å². The van der Waals surface area contributed by atoms with Crippen molar-refractivity contribution in [2.24, 2.45) is 5.92 Å². The number of rotatable bonds is 9. The Labute approximate surface area is 183 Å². The molecule has 1 amide bonds. The van der Waals surface area contributed by atoms with Crippen LogP contribution in [0.5, 0.6) is 0 Å². The molecule has 0 atom stereocenters. The van der Waals surface area contributed by atoms with Gasteiger partial charge in [-0.1, -0.05) is 26.7 Å². The van der Waals surface area contributed by atoms with Gasteiger partial charge in [-0.25, -0.2) is 14.8 Å². The molecule has 0 radical (unpaired) electrons. The molecule has 2 aromatic heterocycles. The van der Waals surface area contributed by atoms with Crippen molar-refractivity contribution in [3.05, 3.63) is 12.2 Å². The van der Waals surface area contributed by atoms with Crippen LogP contribution in [0.25, 0.3) is 11.2 Å². The predicted molar refractivity (Wildman–Crippen MR) is 118 cm³/mol. The van der Waals surface area contributed by atoms with E-state index in [9.17, 15) is 15.2 Å². The van der Waals surface area contributed by atoms with Gasteiger partial charge in [0.25, 0.3) is 0 Å². The van der Waals surface area contributed by atoms with Crippen LogP contribution in [0.3, 0.4) is 0 Å². The molecule has 2 aromatic rings. The molecule has 0 aromatic carbocycles. The third-order valence-corrected chi connectivity index (χ3v) is 5.46. The Hall–Kier alpha value is -2.93. The van der Waals surface area contributed by atoms with Gasteiger partial charge in [-0.3, -0.25) is 5.01 Å². The number of imidazole rings is 1. The van der Waals surface area contributed by atoms with Crippen molar-refractivity contribution in [1.82, 2.24) is 29.4 Å². The fourth-order valence-electron chi connectivity index (χ4n) is 4.10. The van der Waals surface area contributed by atoms with Crippen molar-refractivity contribution in [3.63, 3.8) is 0 Å². The van der Waals surface area contributed by atoms with Gasteiger partial charge in [0.2, 0.25) is 5.82 Å². The van der Waals surface area contributed by atoms with Crippen LogP contribution >= 0.6 is 0 Å². The summed E-state index contributed by atoms with van der Waals surface area (Å²) in [5.74, 6) is 0.564. The van der Waals surface area contributed by atoms with E-state index in [1.807, 2.05) is 38.6 Å². The summed E-state index contributed by atoms with van der Waals surface area (Å²) in [6, 6.07) is 2.04. The average Bonchev–Trinajstić information content (AvgIpc) is 3.37. The fraction of sp³-hybridized carbons (Fsp3) is 0.667. The van der Waals surface area contributed by atoms with E-state index >= 15 is 0 Å². The number of hydrogen-bond acceptors (Lipinski definition) is 7. The number of anilines is 1. The number of aryl methyl sites for hydroxylation is 1. The predicted octanol–water partition coefficient (Wildman–Crippen LogP) is 2.95. The number of hydrazine groups is 1. The molecule has 1 aliphatic carbocycles. The van der Waals surface area contributed by atoms with E-state index in [1.165, 1.54) is 5.01 Å². The molecule has 10 heteroatoms. The van der Waals surface area contributed by atoms with E-state index in [-0.39, 0.29) is 17.8 Å². The third kappa shape index (κ3) is 5.22. The Morgan fingerprint density at radius 1 is 1.32 bits per heavy atom. The van der Waals surface area contributed by atoms with Crippen LogP contribution in [0.15, 0.2) is 6.33 Å². The van der Waals surface area contributed by atoms with Crippen LogP contribution in [0, 0.1) is 17.2 Å². The molecule has 31 heavy (non-hydrogen) atoms. The van der Waals surface area contributed by atoms with Gasteiger partial charge < -0.3 is 14.6 Å². The minimum Gasteiger partial charge on any atom is -0.464 e. The first-order valence-corrected chi connectivity index (χ1v) is 10.9. The summed E-state index contributed by atoms with van der Waals surface area (Å²) < 4.78 is 1.92. The maximum Gasteiger partial charge on any atom is 0.426 e. The van der Waals surface area contributed by atoms with Crippen molar-refractivity contribution in [1.29, 1.82) is 5.26 Å². The Morgan fingerprint density at radius 2 is 2.03 bits per heavy atom. The number of aromatic nitrogens is 4. The summed E-state index contributed by atoms with van der Waals surface area (Å²) in [5, 5.41) is 22.7. The van der Waals surface area contributed by atoms with Gasteiger partial charge in [-0.2, -0.15) is 15.2 Å². The molecule has 1 aliphatic rings. The van der Waals surface area contributed by atoms with Gasteiger partial charge in [0.05, 0.1) is 12.4 Å². The zero-order chi connectivity index (χ0) is 22.5. The zero-order valence-corrected chi connectivity index (χ0v) is 18.8. The number of nitriles is 1. The first kappa shape index (κ1) is 22.7. The maximum atomic E-state index is 12.3. The van der Waals surface area contributed by atoms with Crippen molar-refractivity contribution < 1.29 is 9.90 Å². The van der Waals surface area contributed by atoms with Gasteiger partial charge in [0.15, 0.2) is 17.0 Å². The standard InChI is InChI=1S/C21H32N8O2/c1-15(2)13-28(21(30)31)29(16-8-5-6-9-16)20-18-19(24-17(12-22)25-20)27(14-23-18)11-7-10-26(3)4/h14-16H,5-11,13H2,1-4H3,(H,30,31). The van der Waals surface area contributed by atoms with Crippen molar-refractivity contribution in [2.75, 3.05) is 32.2 Å². The highest BCUT2D eigenvalue weighted by molar-refractivity contribution is 5.85. The molecule has 3 rings (SSSR count). The van der Waals surface area contributed by atoms with Crippen molar-refractivity contribution in [3.8, 4) is 6.07 Å². The minimum absolute atomic E-state index is 0.00150. The molecule has 0 saturated heterocycles. The molecule has 0 bridgehead atoms. The average molecular weight is 429 g/mol. The van der Waals surface area contributed by atoms with E-state index in [0.717, 1.165) is 38.6 Å². The van der Waals surface area contributed by atoms with Gasteiger partial charge in [-0.05, 0) is 45.8 Å². The van der Waals surface area contributed by atoms with Gasteiger partial charge >= 0.3 is 6.09 Å². The number of nitrogens with zero attached hydrogens (tertiary/aromatic N) is 8. The molecule has 1 N–H and O–H groups in total. The monoisotopic (exact) mass is 428 g/mol. The smallest absolute Gasteiger partial charge is 0.426 e. The Kier molecular flexibility index (Phi) is 7.28. The lowest BCUT2D eigenvalue weighted by molar-refractivity contribution is 0.126. The third-order valence-electron chi connectivity index (χ3n) is 5.46. The van der Waals surface area contributed by atoms with E-state index in [0.29, 0.717) is 30.1 Å².